The summed E-state index contributed by atoms with van der Waals surface area (Å²) in [5, 5.41) is 3.45. The second-order valence-corrected chi connectivity index (χ2v) is 9.20. The Balaban J connectivity index is 1.27. The van der Waals surface area contributed by atoms with Gasteiger partial charge in [-0.05, 0) is 48.6 Å². The van der Waals surface area contributed by atoms with E-state index in [9.17, 15) is 22.8 Å². The van der Waals surface area contributed by atoms with Crippen molar-refractivity contribution >= 4 is 29.1 Å². The Morgan fingerprint density at radius 2 is 1.76 bits per heavy atom. The fourth-order valence-electron chi connectivity index (χ4n) is 4.62. The van der Waals surface area contributed by atoms with Crippen LogP contribution in [0.2, 0.25) is 5.02 Å². The molecule has 1 N–H and O–H groups in total. The Kier molecular flexibility index (Phi) is 7.04. The number of anilines is 1. The molecule has 10 heteroatoms. The van der Waals surface area contributed by atoms with Crippen LogP contribution in [0.1, 0.15) is 22.3 Å². The average Bonchev–Trinajstić information content (AvgIpc) is 3.33. The SMILES string of the molecule is Cc1ccc(NC(=O)CCN2CC3CN(C(=O)c4ccccc4OC(F)(F)F)CC3C2)cc1Cl. The van der Waals surface area contributed by atoms with Gasteiger partial charge >= 0.3 is 6.36 Å². The summed E-state index contributed by atoms with van der Waals surface area (Å²) >= 11 is 6.10. The van der Waals surface area contributed by atoms with Crippen LogP contribution in [-0.4, -0.2) is 60.7 Å². The van der Waals surface area contributed by atoms with Crippen LogP contribution in [0.25, 0.3) is 0 Å². The van der Waals surface area contributed by atoms with E-state index < -0.39 is 18.0 Å². The van der Waals surface area contributed by atoms with Gasteiger partial charge in [0.05, 0.1) is 5.56 Å². The Hall–Kier alpha value is -2.78. The summed E-state index contributed by atoms with van der Waals surface area (Å²) in [6, 6.07) is 10.8. The van der Waals surface area contributed by atoms with E-state index >= 15 is 0 Å². The number of para-hydroxylation sites is 1. The van der Waals surface area contributed by atoms with Crippen LogP contribution in [0.15, 0.2) is 42.5 Å². The fourth-order valence-corrected chi connectivity index (χ4v) is 4.80. The highest BCUT2D eigenvalue weighted by atomic mass is 35.5. The molecule has 182 valence electrons. The monoisotopic (exact) mass is 495 g/mol. The molecule has 2 heterocycles. The number of carbonyl (C=O) groups excluding carboxylic acids is 2. The van der Waals surface area contributed by atoms with Gasteiger partial charge in [-0.3, -0.25) is 9.59 Å². The molecule has 0 aliphatic carbocycles. The standard InChI is InChI=1S/C24H25ClF3N3O3/c1-15-6-7-18(10-20(15)25)29-22(32)8-9-30-11-16-13-31(14-17(16)12-30)23(33)19-4-2-3-5-21(19)34-24(26,27)28/h2-7,10,16-17H,8-9,11-14H2,1H3,(H,29,32). The zero-order valence-corrected chi connectivity index (χ0v) is 19.3. The minimum absolute atomic E-state index is 0.0930. The number of nitrogens with one attached hydrogen (secondary N) is 1. The van der Waals surface area contributed by atoms with Crippen molar-refractivity contribution in [1.82, 2.24) is 9.80 Å². The van der Waals surface area contributed by atoms with Gasteiger partial charge in [-0.15, -0.1) is 13.2 Å². The molecule has 0 radical (unpaired) electrons. The molecular weight excluding hydrogens is 471 g/mol. The maximum absolute atomic E-state index is 12.9. The smallest absolute Gasteiger partial charge is 0.405 e. The quantitative estimate of drug-likeness (QED) is 0.637. The van der Waals surface area contributed by atoms with Crippen molar-refractivity contribution in [3.8, 4) is 5.75 Å². The second kappa shape index (κ2) is 9.84. The highest BCUT2D eigenvalue weighted by Crippen LogP contribution is 2.34. The molecule has 6 nitrogen and oxygen atoms in total. The summed E-state index contributed by atoms with van der Waals surface area (Å²) in [5.41, 5.74) is 1.50. The van der Waals surface area contributed by atoms with E-state index in [1.54, 1.807) is 11.0 Å². The third-order valence-electron chi connectivity index (χ3n) is 6.30. The van der Waals surface area contributed by atoms with Crippen LogP contribution in [-0.2, 0) is 4.79 Å². The summed E-state index contributed by atoms with van der Waals surface area (Å²) in [4.78, 5) is 29.0. The van der Waals surface area contributed by atoms with Crippen molar-refractivity contribution in [3.63, 3.8) is 0 Å². The van der Waals surface area contributed by atoms with E-state index in [-0.39, 0.29) is 23.3 Å². The highest BCUT2D eigenvalue weighted by Gasteiger charge is 2.42. The molecule has 2 amide bonds. The lowest BCUT2D eigenvalue weighted by atomic mass is 10.0. The first kappa shape index (κ1) is 24.3. The number of aryl methyl sites for hydroxylation is 1. The first-order valence-electron chi connectivity index (χ1n) is 11.0. The molecule has 34 heavy (non-hydrogen) atoms. The number of benzene rings is 2. The zero-order valence-electron chi connectivity index (χ0n) is 18.6. The van der Waals surface area contributed by atoms with E-state index in [2.05, 4.69) is 15.0 Å². The Morgan fingerprint density at radius 1 is 1.09 bits per heavy atom. The first-order valence-corrected chi connectivity index (χ1v) is 11.4. The predicted octanol–water partition coefficient (Wildman–Crippen LogP) is 4.58. The molecule has 2 aliphatic heterocycles. The minimum atomic E-state index is -4.86. The van der Waals surface area contributed by atoms with E-state index in [1.807, 2.05) is 19.1 Å². The van der Waals surface area contributed by atoms with Crippen molar-refractivity contribution < 1.29 is 27.5 Å². The van der Waals surface area contributed by atoms with Crippen LogP contribution in [0, 0.1) is 18.8 Å². The van der Waals surface area contributed by atoms with Gasteiger partial charge in [-0.25, -0.2) is 0 Å². The number of alkyl halides is 3. The third-order valence-corrected chi connectivity index (χ3v) is 6.71. The lowest BCUT2D eigenvalue weighted by Gasteiger charge is -2.22. The maximum Gasteiger partial charge on any atom is 0.573 e. The van der Waals surface area contributed by atoms with Crippen LogP contribution < -0.4 is 10.1 Å². The highest BCUT2D eigenvalue weighted by molar-refractivity contribution is 6.31. The number of hydrogen-bond acceptors (Lipinski definition) is 4. The normalized spacial score (nSPS) is 20.3. The van der Waals surface area contributed by atoms with Crippen LogP contribution in [0.4, 0.5) is 18.9 Å². The number of halogens is 4. The largest absolute Gasteiger partial charge is 0.573 e. The molecule has 2 aromatic carbocycles. The zero-order chi connectivity index (χ0) is 24.5. The molecule has 0 bridgehead atoms. The van der Waals surface area contributed by atoms with Crippen molar-refractivity contribution in [2.24, 2.45) is 11.8 Å². The number of hydrogen-bond donors (Lipinski definition) is 1. The second-order valence-electron chi connectivity index (χ2n) is 8.80. The molecule has 2 saturated heterocycles. The summed E-state index contributed by atoms with van der Waals surface area (Å²) in [5.74, 6) is -0.608. The number of likely N-dealkylation sites (tertiary alicyclic amines) is 2. The van der Waals surface area contributed by atoms with E-state index in [4.69, 9.17) is 11.6 Å². The van der Waals surface area contributed by atoms with E-state index in [0.29, 0.717) is 36.8 Å². The van der Waals surface area contributed by atoms with Gasteiger partial charge in [-0.1, -0.05) is 29.8 Å². The van der Waals surface area contributed by atoms with E-state index in [1.165, 1.54) is 18.2 Å². The topological polar surface area (TPSA) is 61.9 Å². The predicted molar refractivity (Wildman–Crippen MR) is 122 cm³/mol. The number of ether oxygens (including phenoxy) is 1. The fraction of sp³-hybridized carbons (Fsp3) is 0.417. The number of nitrogens with zero attached hydrogens (tertiary/aromatic N) is 2. The van der Waals surface area contributed by atoms with E-state index in [0.717, 1.165) is 24.7 Å². The molecule has 2 unspecified atom stereocenters. The van der Waals surface area contributed by atoms with Crippen molar-refractivity contribution in [3.05, 3.63) is 58.6 Å². The van der Waals surface area contributed by atoms with Crippen LogP contribution in [0.3, 0.4) is 0 Å². The lowest BCUT2D eigenvalue weighted by molar-refractivity contribution is -0.274. The summed E-state index contributed by atoms with van der Waals surface area (Å²) < 4.78 is 42.1. The molecule has 0 spiro atoms. The summed E-state index contributed by atoms with van der Waals surface area (Å²) in [6.07, 6.45) is -4.54. The molecule has 4 rings (SSSR count). The summed E-state index contributed by atoms with van der Waals surface area (Å²) in [7, 11) is 0. The maximum atomic E-state index is 12.9. The van der Waals surface area contributed by atoms with Crippen LogP contribution >= 0.6 is 11.6 Å². The Labute approximate surface area is 200 Å². The van der Waals surface area contributed by atoms with Gasteiger partial charge < -0.3 is 19.9 Å². The van der Waals surface area contributed by atoms with Gasteiger partial charge in [0.1, 0.15) is 5.75 Å². The molecule has 0 aromatic heterocycles. The van der Waals surface area contributed by atoms with Gasteiger partial charge in [0.15, 0.2) is 0 Å². The molecule has 2 atom stereocenters. The van der Waals surface area contributed by atoms with Gasteiger partial charge in [-0.2, -0.15) is 0 Å². The van der Waals surface area contributed by atoms with Gasteiger partial charge in [0.2, 0.25) is 5.91 Å². The number of amides is 2. The Morgan fingerprint density at radius 3 is 2.41 bits per heavy atom. The Bertz CT molecular complexity index is 1060. The van der Waals surface area contributed by atoms with Crippen molar-refractivity contribution in [2.45, 2.75) is 19.7 Å². The lowest BCUT2D eigenvalue weighted by Crippen LogP contribution is -2.34. The van der Waals surface area contributed by atoms with Gasteiger partial charge in [0.25, 0.3) is 5.91 Å². The molecule has 2 aromatic rings. The van der Waals surface area contributed by atoms with Crippen molar-refractivity contribution in [2.75, 3.05) is 38.0 Å². The first-order chi connectivity index (χ1) is 16.1. The summed E-state index contributed by atoms with van der Waals surface area (Å²) in [6.45, 7) is 4.89. The minimum Gasteiger partial charge on any atom is -0.405 e. The third kappa shape index (κ3) is 5.82. The number of fused-ring (bicyclic) bond motifs is 1. The van der Waals surface area contributed by atoms with Gasteiger partial charge in [0, 0.05) is 49.9 Å². The average molecular weight is 496 g/mol. The van der Waals surface area contributed by atoms with Crippen molar-refractivity contribution in [1.29, 1.82) is 0 Å². The molecule has 0 saturated carbocycles. The molecular formula is C24H25ClF3N3O3. The molecule has 2 fully saturated rings. The number of carbonyl (C=O) groups is 2. The van der Waals surface area contributed by atoms with Crippen LogP contribution in [0.5, 0.6) is 5.75 Å². The molecule has 2 aliphatic rings. The number of rotatable bonds is 6.